The summed E-state index contributed by atoms with van der Waals surface area (Å²) < 4.78 is 14.6. The molecule has 0 spiro atoms. The van der Waals surface area contributed by atoms with E-state index in [2.05, 4.69) is 33.9 Å². The highest BCUT2D eigenvalue weighted by atomic mass is 32.1. The number of fused-ring (bicyclic) bond motifs is 1. The molecule has 0 aliphatic carbocycles. The van der Waals surface area contributed by atoms with Crippen molar-refractivity contribution in [1.29, 1.82) is 0 Å². The monoisotopic (exact) mass is 483 g/mol. The largest absolute Gasteiger partial charge is 0.366 e. The van der Waals surface area contributed by atoms with E-state index < -0.39 is 0 Å². The first-order chi connectivity index (χ1) is 16.0. The van der Waals surface area contributed by atoms with Crippen LogP contribution in [0.1, 0.15) is 38.6 Å². The van der Waals surface area contributed by atoms with Gasteiger partial charge in [0.15, 0.2) is 5.78 Å². The number of benzene rings is 1. The predicted molar refractivity (Wildman–Crippen MR) is 131 cm³/mol. The Balaban J connectivity index is 1.24. The molecule has 5 rings (SSSR count). The van der Waals surface area contributed by atoms with Gasteiger partial charge in [0.25, 0.3) is 0 Å². The second kappa shape index (κ2) is 9.37. The van der Waals surface area contributed by atoms with Gasteiger partial charge < -0.3 is 9.80 Å². The summed E-state index contributed by atoms with van der Waals surface area (Å²) in [6, 6.07) is 11.2. The molecule has 33 heavy (non-hydrogen) atoms. The fraction of sp³-hybridized carbons (Fsp3) is 0.360. The van der Waals surface area contributed by atoms with Gasteiger partial charge in [0.2, 0.25) is 5.91 Å². The van der Waals surface area contributed by atoms with Crippen molar-refractivity contribution in [1.82, 2.24) is 9.80 Å². The molecule has 2 aromatic heterocycles. The molecule has 2 aliphatic heterocycles. The third-order valence-corrected chi connectivity index (χ3v) is 8.47. The first-order valence-corrected chi connectivity index (χ1v) is 12.9. The Labute approximate surface area is 201 Å². The zero-order valence-electron chi connectivity index (χ0n) is 18.5. The first kappa shape index (κ1) is 22.3. The van der Waals surface area contributed by atoms with Crippen molar-refractivity contribution in [2.75, 3.05) is 44.2 Å². The van der Waals surface area contributed by atoms with Gasteiger partial charge in [-0.3, -0.25) is 14.5 Å². The van der Waals surface area contributed by atoms with Crippen LogP contribution in [0.15, 0.2) is 47.2 Å². The molecule has 8 heteroatoms. The molecule has 1 atom stereocenters. The number of hydrogen-bond donors (Lipinski definition) is 0. The van der Waals surface area contributed by atoms with E-state index in [1.54, 1.807) is 34.8 Å². The first-order valence-electron chi connectivity index (χ1n) is 11.2. The summed E-state index contributed by atoms with van der Waals surface area (Å²) in [6.07, 6.45) is 0.978. The van der Waals surface area contributed by atoms with Crippen molar-refractivity contribution in [2.24, 2.45) is 0 Å². The van der Waals surface area contributed by atoms with E-state index in [-0.39, 0.29) is 23.5 Å². The summed E-state index contributed by atoms with van der Waals surface area (Å²) in [4.78, 5) is 33.6. The van der Waals surface area contributed by atoms with Gasteiger partial charge in [0.05, 0.1) is 18.3 Å². The minimum atomic E-state index is -0.388. The lowest BCUT2D eigenvalue weighted by atomic mass is 9.98. The molecule has 3 aromatic rings. The number of rotatable bonds is 5. The quantitative estimate of drug-likeness (QED) is 0.503. The van der Waals surface area contributed by atoms with Gasteiger partial charge in [-0.25, -0.2) is 4.39 Å². The molecule has 1 saturated heterocycles. The van der Waals surface area contributed by atoms with Crippen LogP contribution < -0.4 is 4.90 Å². The Hall–Kier alpha value is -2.55. The van der Waals surface area contributed by atoms with Gasteiger partial charge in [-0.1, -0.05) is 6.07 Å². The zero-order chi connectivity index (χ0) is 22.9. The van der Waals surface area contributed by atoms with Crippen LogP contribution in [0, 0.1) is 5.82 Å². The topological polar surface area (TPSA) is 43.9 Å². The van der Waals surface area contributed by atoms with Crippen LogP contribution in [0.5, 0.6) is 0 Å². The van der Waals surface area contributed by atoms with Crippen LogP contribution in [0.3, 0.4) is 0 Å². The van der Waals surface area contributed by atoms with Crippen LogP contribution >= 0.6 is 22.7 Å². The van der Waals surface area contributed by atoms with Gasteiger partial charge in [-0.15, -0.1) is 22.7 Å². The standard InChI is InChI=1S/C25H26FN3O2S2/c1-17(30)18-4-5-21(20(26)15-18)27-9-11-28(12-10-27)24(31)16-29-8-6-22-19(7-14-33-22)25(29)23-3-2-13-32-23/h2-5,7,13-15,25H,6,8-12,16H2,1H3. The molecule has 1 aromatic carbocycles. The van der Waals surface area contributed by atoms with Crippen LogP contribution in [-0.2, 0) is 11.2 Å². The van der Waals surface area contributed by atoms with Crippen molar-refractivity contribution in [3.8, 4) is 0 Å². The van der Waals surface area contributed by atoms with Crippen LogP contribution in [0.2, 0.25) is 0 Å². The number of thiophene rings is 2. The number of carbonyl (C=O) groups excluding carboxylic acids is 2. The van der Waals surface area contributed by atoms with Gasteiger partial charge in [-0.05, 0) is 60.0 Å². The van der Waals surface area contributed by atoms with Crippen molar-refractivity contribution in [3.05, 3.63) is 73.9 Å². The van der Waals surface area contributed by atoms with Crippen molar-refractivity contribution < 1.29 is 14.0 Å². The summed E-state index contributed by atoms with van der Waals surface area (Å²) in [5.74, 6) is -0.410. The number of halogens is 1. The second-order valence-corrected chi connectivity index (χ2v) is 10.5. The highest BCUT2D eigenvalue weighted by molar-refractivity contribution is 7.10. The Kier molecular flexibility index (Phi) is 6.32. The van der Waals surface area contributed by atoms with E-state index in [4.69, 9.17) is 0 Å². The predicted octanol–water partition coefficient (Wildman–Crippen LogP) is 4.45. The van der Waals surface area contributed by atoms with Crippen LogP contribution in [0.25, 0.3) is 0 Å². The lowest BCUT2D eigenvalue weighted by Crippen LogP contribution is -2.52. The summed E-state index contributed by atoms with van der Waals surface area (Å²) in [6.45, 7) is 4.97. The van der Waals surface area contributed by atoms with Gasteiger partial charge in [0, 0.05) is 48.0 Å². The van der Waals surface area contributed by atoms with E-state index >= 15 is 0 Å². The Bertz CT molecular complexity index is 1150. The fourth-order valence-electron chi connectivity index (χ4n) is 4.77. The molecule has 172 valence electrons. The normalized spacial score (nSPS) is 18.9. The van der Waals surface area contributed by atoms with E-state index in [0.717, 1.165) is 13.0 Å². The molecule has 1 fully saturated rings. The lowest BCUT2D eigenvalue weighted by Gasteiger charge is -2.39. The number of nitrogens with zero attached hydrogens (tertiary/aromatic N) is 3. The molecule has 0 saturated carbocycles. The number of piperazine rings is 1. The number of ketones is 1. The Morgan fingerprint density at radius 2 is 1.85 bits per heavy atom. The third-order valence-electron chi connectivity index (χ3n) is 6.54. The van der Waals surface area contributed by atoms with Crippen LogP contribution in [0.4, 0.5) is 10.1 Å². The summed E-state index contributed by atoms with van der Waals surface area (Å²) in [7, 11) is 0. The highest BCUT2D eigenvalue weighted by Gasteiger charge is 2.33. The maximum atomic E-state index is 14.6. The molecule has 0 N–H and O–H groups in total. The summed E-state index contributed by atoms with van der Waals surface area (Å²) in [5, 5.41) is 4.25. The van der Waals surface area contributed by atoms with Crippen molar-refractivity contribution in [2.45, 2.75) is 19.4 Å². The molecule has 0 radical (unpaired) electrons. The van der Waals surface area contributed by atoms with E-state index in [1.165, 1.54) is 28.3 Å². The molecule has 1 amide bonds. The van der Waals surface area contributed by atoms with E-state index in [9.17, 15) is 14.0 Å². The molecule has 0 bridgehead atoms. The average Bonchev–Trinajstić information content (AvgIpc) is 3.51. The number of Topliss-reactive ketones (excluding diaryl/α,β-unsaturated/α-hetero) is 1. The van der Waals surface area contributed by atoms with Gasteiger partial charge in [-0.2, -0.15) is 0 Å². The van der Waals surface area contributed by atoms with Crippen molar-refractivity contribution in [3.63, 3.8) is 0 Å². The Morgan fingerprint density at radius 3 is 2.55 bits per heavy atom. The highest BCUT2D eigenvalue weighted by Crippen LogP contribution is 2.39. The molecule has 4 heterocycles. The molecule has 5 nitrogen and oxygen atoms in total. The fourth-order valence-corrected chi connectivity index (χ4v) is 6.55. The SMILES string of the molecule is CC(=O)c1ccc(N2CCN(C(=O)CN3CCc4sccc4C3c3cccs3)CC2)c(F)c1. The van der Waals surface area contributed by atoms with Gasteiger partial charge >= 0.3 is 0 Å². The molecular formula is C25H26FN3O2S2. The third kappa shape index (κ3) is 4.47. The minimum Gasteiger partial charge on any atom is -0.366 e. The number of anilines is 1. The summed E-state index contributed by atoms with van der Waals surface area (Å²) in [5.41, 5.74) is 2.20. The smallest absolute Gasteiger partial charge is 0.236 e. The number of amides is 1. The van der Waals surface area contributed by atoms with Crippen LogP contribution in [-0.4, -0.2) is 60.8 Å². The van der Waals surface area contributed by atoms with E-state index in [0.29, 0.717) is 44.0 Å². The Morgan fingerprint density at radius 1 is 1.03 bits per heavy atom. The number of hydrogen-bond acceptors (Lipinski definition) is 6. The number of carbonyl (C=O) groups is 2. The summed E-state index contributed by atoms with van der Waals surface area (Å²) >= 11 is 3.54. The molecular weight excluding hydrogens is 457 g/mol. The van der Waals surface area contributed by atoms with Gasteiger partial charge in [0.1, 0.15) is 5.82 Å². The zero-order valence-corrected chi connectivity index (χ0v) is 20.1. The lowest BCUT2D eigenvalue weighted by molar-refractivity contribution is -0.133. The maximum Gasteiger partial charge on any atom is 0.236 e. The molecule has 2 aliphatic rings. The average molecular weight is 484 g/mol. The molecule has 1 unspecified atom stereocenters. The van der Waals surface area contributed by atoms with E-state index in [1.807, 2.05) is 9.80 Å². The van der Waals surface area contributed by atoms with Crippen molar-refractivity contribution >= 4 is 40.1 Å². The maximum absolute atomic E-state index is 14.6. The minimum absolute atomic E-state index is 0.127. The second-order valence-electron chi connectivity index (χ2n) is 8.53.